The number of ether oxygens (including phenoxy) is 1. The van der Waals surface area contributed by atoms with Crippen molar-refractivity contribution in [3.8, 4) is 6.07 Å². The third-order valence-corrected chi connectivity index (χ3v) is 4.44. The van der Waals surface area contributed by atoms with Gasteiger partial charge in [-0.25, -0.2) is 4.79 Å². The summed E-state index contributed by atoms with van der Waals surface area (Å²) in [6.45, 7) is 3.05. The minimum atomic E-state index is -0.866. The quantitative estimate of drug-likeness (QED) is 0.712. The van der Waals surface area contributed by atoms with Gasteiger partial charge in [0.25, 0.3) is 11.8 Å². The number of hydrogen-bond acceptors (Lipinski definition) is 6. The van der Waals surface area contributed by atoms with Gasteiger partial charge in [0.05, 0.1) is 16.5 Å². The Balaban J connectivity index is 1.90. The molecule has 1 aromatic carbocycles. The average molecular weight is 385 g/mol. The highest BCUT2D eigenvalue weighted by molar-refractivity contribution is 7.12. The van der Waals surface area contributed by atoms with Gasteiger partial charge in [0.1, 0.15) is 6.04 Å². The molecule has 1 heterocycles. The molecule has 0 aliphatic rings. The van der Waals surface area contributed by atoms with Gasteiger partial charge >= 0.3 is 5.97 Å². The zero-order valence-electron chi connectivity index (χ0n) is 14.9. The summed E-state index contributed by atoms with van der Waals surface area (Å²) < 4.78 is 5.05. The normalized spacial score (nSPS) is 11.3. The number of nitriles is 1. The first-order valence-electron chi connectivity index (χ1n) is 8.21. The molecule has 2 rings (SSSR count). The van der Waals surface area contributed by atoms with Gasteiger partial charge in [-0.1, -0.05) is 26.0 Å². The maximum atomic E-state index is 12.3. The van der Waals surface area contributed by atoms with Crippen molar-refractivity contribution in [1.29, 1.82) is 5.26 Å². The Morgan fingerprint density at radius 1 is 1.22 bits per heavy atom. The number of anilines is 1. The Morgan fingerprint density at radius 3 is 2.63 bits per heavy atom. The lowest BCUT2D eigenvalue weighted by Gasteiger charge is -2.20. The van der Waals surface area contributed by atoms with Crippen LogP contribution in [0.25, 0.3) is 0 Å². The number of rotatable bonds is 7. The largest absolute Gasteiger partial charge is 0.454 e. The highest BCUT2D eigenvalue weighted by atomic mass is 32.1. The van der Waals surface area contributed by atoms with Crippen LogP contribution < -0.4 is 10.6 Å². The molecule has 0 fully saturated rings. The number of benzene rings is 1. The van der Waals surface area contributed by atoms with E-state index >= 15 is 0 Å². The third kappa shape index (κ3) is 5.94. The molecule has 0 unspecified atom stereocenters. The van der Waals surface area contributed by atoms with Crippen molar-refractivity contribution in [3.05, 3.63) is 52.2 Å². The van der Waals surface area contributed by atoms with Crippen molar-refractivity contribution in [2.24, 2.45) is 5.92 Å². The highest BCUT2D eigenvalue weighted by Crippen LogP contribution is 2.12. The summed E-state index contributed by atoms with van der Waals surface area (Å²) >= 11 is 1.27. The van der Waals surface area contributed by atoms with Gasteiger partial charge in [-0.2, -0.15) is 5.26 Å². The number of nitrogens with zero attached hydrogens (tertiary/aromatic N) is 1. The molecule has 0 aliphatic carbocycles. The van der Waals surface area contributed by atoms with Crippen LogP contribution in [-0.4, -0.2) is 30.4 Å². The van der Waals surface area contributed by atoms with Crippen LogP contribution in [0.15, 0.2) is 41.8 Å². The van der Waals surface area contributed by atoms with Crippen molar-refractivity contribution in [3.63, 3.8) is 0 Å². The van der Waals surface area contributed by atoms with Crippen molar-refractivity contribution in [1.82, 2.24) is 5.32 Å². The van der Waals surface area contributed by atoms with Crippen LogP contribution in [0.3, 0.4) is 0 Å². The molecule has 2 aromatic rings. The Morgan fingerprint density at radius 2 is 2.00 bits per heavy atom. The van der Waals surface area contributed by atoms with Gasteiger partial charge in [-0.05, 0) is 35.6 Å². The standard InChI is InChI=1S/C19H19N3O4S/c1-12(2)17(22-18(24)15-7-4-8-27-15)19(25)26-11-16(23)21-14-6-3-5-13(9-14)10-20/h3-9,12,17H,11H2,1-2H3,(H,21,23)(H,22,24)/t17-/m0/s1. The number of thiophene rings is 1. The van der Waals surface area contributed by atoms with E-state index in [-0.39, 0.29) is 11.8 Å². The minimum Gasteiger partial charge on any atom is -0.454 e. The molecule has 0 spiro atoms. The summed E-state index contributed by atoms with van der Waals surface area (Å²) in [7, 11) is 0. The van der Waals surface area contributed by atoms with Crippen molar-refractivity contribution in [2.75, 3.05) is 11.9 Å². The fourth-order valence-electron chi connectivity index (χ4n) is 2.21. The Bertz CT molecular complexity index is 856. The molecule has 0 radical (unpaired) electrons. The van der Waals surface area contributed by atoms with E-state index in [0.717, 1.165) is 0 Å². The first-order chi connectivity index (χ1) is 12.9. The smallest absolute Gasteiger partial charge is 0.329 e. The van der Waals surface area contributed by atoms with E-state index in [4.69, 9.17) is 10.00 Å². The van der Waals surface area contributed by atoms with E-state index in [1.54, 1.807) is 49.6 Å². The van der Waals surface area contributed by atoms with Gasteiger partial charge < -0.3 is 15.4 Å². The summed E-state index contributed by atoms with van der Waals surface area (Å²) in [4.78, 5) is 36.9. The van der Waals surface area contributed by atoms with Crippen LogP contribution in [-0.2, 0) is 14.3 Å². The predicted octanol–water partition coefficient (Wildman–Crippen LogP) is 2.56. The van der Waals surface area contributed by atoms with Crippen LogP contribution in [0, 0.1) is 17.2 Å². The van der Waals surface area contributed by atoms with Crippen LogP contribution in [0.2, 0.25) is 0 Å². The van der Waals surface area contributed by atoms with E-state index in [1.807, 2.05) is 6.07 Å². The molecular formula is C19H19N3O4S. The molecule has 2 N–H and O–H groups in total. The Kier molecular flexibility index (Phi) is 7.08. The van der Waals surface area contributed by atoms with Crippen LogP contribution >= 0.6 is 11.3 Å². The molecule has 27 heavy (non-hydrogen) atoms. The predicted molar refractivity (Wildman–Crippen MR) is 101 cm³/mol. The van der Waals surface area contributed by atoms with Gasteiger partial charge in [-0.3, -0.25) is 9.59 Å². The molecule has 0 bridgehead atoms. The molecule has 1 aromatic heterocycles. The SMILES string of the molecule is CC(C)[C@H](NC(=O)c1cccs1)C(=O)OCC(=O)Nc1cccc(C#N)c1. The van der Waals surface area contributed by atoms with Crippen molar-refractivity contribution < 1.29 is 19.1 Å². The molecule has 2 amide bonds. The first-order valence-corrected chi connectivity index (χ1v) is 9.09. The number of carbonyl (C=O) groups is 3. The average Bonchev–Trinajstić information content (AvgIpc) is 3.18. The third-order valence-electron chi connectivity index (χ3n) is 3.57. The van der Waals surface area contributed by atoms with Gasteiger partial charge in [0, 0.05) is 5.69 Å². The Labute approximate surface area is 161 Å². The van der Waals surface area contributed by atoms with Crippen molar-refractivity contribution >= 4 is 34.8 Å². The fraction of sp³-hybridized carbons (Fsp3) is 0.263. The second-order valence-electron chi connectivity index (χ2n) is 6.02. The van der Waals surface area contributed by atoms with Crippen LogP contribution in [0.5, 0.6) is 0 Å². The number of hydrogen-bond donors (Lipinski definition) is 2. The molecule has 8 heteroatoms. The fourth-order valence-corrected chi connectivity index (χ4v) is 2.83. The minimum absolute atomic E-state index is 0.211. The summed E-state index contributed by atoms with van der Waals surface area (Å²) in [6.07, 6.45) is 0. The molecule has 1 atom stereocenters. The molecule has 7 nitrogen and oxygen atoms in total. The summed E-state index contributed by atoms with van der Waals surface area (Å²) in [5.41, 5.74) is 0.836. The monoisotopic (exact) mass is 385 g/mol. The van der Waals surface area contributed by atoms with E-state index in [1.165, 1.54) is 17.4 Å². The zero-order chi connectivity index (χ0) is 19.8. The van der Waals surface area contributed by atoms with Crippen LogP contribution in [0.4, 0.5) is 5.69 Å². The Hall–Kier alpha value is -3.18. The number of carbonyl (C=O) groups excluding carboxylic acids is 3. The van der Waals surface area contributed by atoms with E-state index in [2.05, 4.69) is 10.6 Å². The van der Waals surface area contributed by atoms with Gasteiger partial charge in [-0.15, -0.1) is 11.3 Å². The molecule has 0 saturated heterocycles. The molecule has 0 aliphatic heterocycles. The van der Waals surface area contributed by atoms with E-state index in [9.17, 15) is 14.4 Å². The van der Waals surface area contributed by atoms with Crippen molar-refractivity contribution in [2.45, 2.75) is 19.9 Å². The first kappa shape index (κ1) is 20.1. The lowest BCUT2D eigenvalue weighted by Crippen LogP contribution is -2.45. The molecule has 140 valence electrons. The topological polar surface area (TPSA) is 108 Å². The van der Waals surface area contributed by atoms with E-state index in [0.29, 0.717) is 16.1 Å². The maximum absolute atomic E-state index is 12.3. The maximum Gasteiger partial charge on any atom is 0.329 e. The van der Waals surface area contributed by atoms with E-state index < -0.39 is 24.5 Å². The number of amides is 2. The lowest BCUT2D eigenvalue weighted by atomic mass is 10.0. The van der Waals surface area contributed by atoms with Gasteiger partial charge in [0.2, 0.25) is 0 Å². The van der Waals surface area contributed by atoms with Crippen LogP contribution in [0.1, 0.15) is 29.1 Å². The number of nitrogens with one attached hydrogen (secondary N) is 2. The number of esters is 1. The summed E-state index contributed by atoms with van der Waals surface area (Å²) in [5, 5.41) is 15.8. The summed E-state index contributed by atoms with van der Waals surface area (Å²) in [6, 6.07) is 10.9. The van der Waals surface area contributed by atoms with Gasteiger partial charge in [0.15, 0.2) is 6.61 Å². The second-order valence-corrected chi connectivity index (χ2v) is 6.97. The zero-order valence-corrected chi connectivity index (χ0v) is 15.7. The molecular weight excluding hydrogens is 366 g/mol. The lowest BCUT2D eigenvalue weighted by molar-refractivity contribution is -0.150. The highest BCUT2D eigenvalue weighted by Gasteiger charge is 2.27. The molecule has 0 saturated carbocycles. The summed E-state index contributed by atoms with van der Waals surface area (Å²) in [5.74, 6) is -1.79. The second kappa shape index (κ2) is 9.50.